The lowest BCUT2D eigenvalue weighted by Crippen LogP contribution is -2.69. The zero-order valence-electron chi connectivity index (χ0n) is 30.9. The number of fused-ring (bicyclic) bond motifs is 7. The zero-order valence-corrected chi connectivity index (χ0v) is 30.9. The number of methoxy groups -OCH3 is 1. The Hall–Kier alpha value is -2.54. The van der Waals surface area contributed by atoms with Gasteiger partial charge in [-0.25, -0.2) is 13.6 Å². The van der Waals surface area contributed by atoms with E-state index in [4.69, 9.17) is 4.74 Å². The molecule has 49 heavy (non-hydrogen) atoms. The minimum absolute atomic E-state index is 0.0121. The summed E-state index contributed by atoms with van der Waals surface area (Å²) in [6, 6.07) is 7.96. The quantitative estimate of drug-likeness (QED) is 0.242. The van der Waals surface area contributed by atoms with Gasteiger partial charge in [-0.3, -0.25) is 9.69 Å². The number of carbonyl (C=O) groups is 2. The van der Waals surface area contributed by atoms with Crippen LogP contribution in [-0.4, -0.2) is 55.0 Å². The van der Waals surface area contributed by atoms with Crippen molar-refractivity contribution >= 4 is 17.4 Å². The molecule has 7 heteroatoms. The number of alkyl halides is 2. The van der Waals surface area contributed by atoms with E-state index in [1.54, 1.807) is 4.90 Å². The number of nitrogens with zero attached hydrogens (tertiary/aromatic N) is 1. The second-order valence-corrected chi connectivity index (χ2v) is 18.5. The standard InChI is InChI=1S/C42H58F2N2O3/c1-26(2)29-15-20-41(45-34(47)23-46-24-42(43,44)25-46)22-21-39(6)31(35(29)41)13-14-33-38(5)18-16-30(27-9-11-28(12-10-27)36(48)49-8)37(3,4)32(38)17-19-40(33,39)7/h9-12,16,29,31-33,35H,1,13-15,17-25H2,2-8H3,(H,45,47)/t29?,31-,32?,33?,35?,38+,39-,40-,41+/m1/s1. The number of halogens is 2. The first-order valence-electron chi connectivity index (χ1n) is 18.9. The summed E-state index contributed by atoms with van der Waals surface area (Å²) in [5.41, 5.74) is 4.59. The van der Waals surface area contributed by atoms with Crippen LogP contribution in [0.15, 0.2) is 42.5 Å². The maximum absolute atomic E-state index is 13.6. The minimum Gasteiger partial charge on any atom is -0.465 e. The van der Waals surface area contributed by atoms with Crippen molar-refractivity contribution in [1.29, 1.82) is 0 Å². The lowest BCUT2D eigenvalue weighted by molar-refractivity contribution is -0.219. The molecule has 268 valence electrons. The largest absolute Gasteiger partial charge is 0.465 e. The van der Waals surface area contributed by atoms with E-state index in [9.17, 15) is 18.4 Å². The summed E-state index contributed by atoms with van der Waals surface area (Å²) >= 11 is 0. The third-order valence-electron chi connectivity index (χ3n) is 15.9. The first kappa shape index (κ1) is 34.9. The Morgan fingerprint density at radius 2 is 1.61 bits per heavy atom. The number of carbonyl (C=O) groups excluding carboxylic acids is 2. The summed E-state index contributed by atoms with van der Waals surface area (Å²) in [4.78, 5) is 27.2. The number of hydrogen-bond acceptors (Lipinski definition) is 4. The molecule has 0 spiro atoms. The van der Waals surface area contributed by atoms with Crippen LogP contribution in [0.3, 0.4) is 0 Å². The van der Waals surface area contributed by atoms with Gasteiger partial charge in [0, 0.05) is 5.54 Å². The van der Waals surface area contributed by atoms with E-state index in [-0.39, 0.29) is 58.7 Å². The van der Waals surface area contributed by atoms with Gasteiger partial charge in [-0.1, -0.05) is 65.0 Å². The molecule has 0 bridgehead atoms. The second-order valence-electron chi connectivity index (χ2n) is 18.5. The highest BCUT2D eigenvalue weighted by molar-refractivity contribution is 5.90. The van der Waals surface area contributed by atoms with E-state index < -0.39 is 5.92 Å². The molecule has 4 unspecified atom stereocenters. The zero-order chi connectivity index (χ0) is 35.4. The van der Waals surface area contributed by atoms with Gasteiger partial charge in [0.1, 0.15) is 0 Å². The molecule has 1 aliphatic heterocycles. The minimum atomic E-state index is -2.67. The molecule has 0 aromatic heterocycles. The highest BCUT2D eigenvalue weighted by Gasteiger charge is 2.70. The molecule has 1 amide bonds. The van der Waals surface area contributed by atoms with E-state index in [1.807, 2.05) is 12.1 Å². The Morgan fingerprint density at radius 1 is 0.918 bits per heavy atom. The van der Waals surface area contributed by atoms with Crippen molar-refractivity contribution in [3.05, 3.63) is 53.6 Å². The van der Waals surface area contributed by atoms with Crippen LogP contribution in [-0.2, 0) is 9.53 Å². The van der Waals surface area contributed by atoms with E-state index in [1.165, 1.54) is 43.1 Å². The molecule has 5 aliphatic carbocycles. The fourth-order valence-corrected chi connectivity index (χ4v) is 13.6. The summed E-state index contributed by atoms with van der Waals surface area (Å²) in [6.45, 7) is 18.8. The van der Waals surface area contributed by atoms with Gasteiger partial charge in [-0.05, 0) is 139 Å². The molecular formula is C42H58F2N2O3. The summed E-state index contributed by atoms with van der Waals surface area (Å²) in [5, 5.41) is 3.54. The van der Waals surface area contributed by atoms with Crippen molar-refractivity contribution in [2.75, 3.05) is 26.7 Å². The van der Waals surface area contributed by atoms with Crippen LogP contribution < -0.4 is 5.32 Å². The molecule has 1 aromatic rings. The first-order chi connectivity index (χ1) is 22.9. The van der Waals surface area contributed by atoms with Gasteiger partial charge in [0.05, 0.1) is 32.3 Å². The molecule has 4 saturated carbocycles. The number of nitrogens with one attached hydrogen (secondary N) is 1. The van der Waals surface area contributed by atoms with E-state index in [0.29, 0.717) is 35.2 Å². The Labute approximate surface area is 292 Å². The molecule has 5 nitrogen and oxygen atoms in total. The van der Waals surface area contributed by atoms with Crippen molar-refractivity contribution in [3.63, 3.8) is 0 Å². The lowest BCUT2D eigenvalue weighted by atomic mass is 9.33. The van der Waals surface area contributed by atoms with Crippen molar-refractivity contribution in [2.24, 2.45) is 51.2 Å². The van der Waals surface area contributed by atoms with Crippen molar-refractivity contribution in [3.8, 4) is 0 Å². The van der Waals surface area contributed by atoms with Crippen LogP contribution in [0.2, 0.25) is 0 Å². The third-order valence-corrected chi connectivity index (χ3v) is 15.9. The number of allylic oxidation sites excluding steroid dienone is 3. The highest BCUT2D eigenvalue weighted by Crippen LogP contribution is 2.76. The van der Waals surface area contributed by atoms with E-state index in [0.717, 1.165) is 38.5 Å². The number of ether oxygens (including phenoxy) is 1. The predicted octanol–water partition coefficient (Wildman–Crippen LogP) is 8.94. The molecule has 7 rings (SSSR count). The topological polar surface area (TPSA) is 58.6 Å². The van der Waals surface area contributed by atoms with Crippen molar-refractivity contribution in [1.82, 2.24) is 10.2 Å². The number of amides is 1. The Kier molecular flexibility index (Phi) is 8.18. The van der Waals surface area contributed by atoms with Gasteiger partial charge in [0.25, 0.3) is 5.92 Å². The molecule has 0 radical (unpaired) electrons. The van der Waals surface area contributed by atoms with E-state index >= 15 is 0 Å². The van der Waals surface area contributed by atoms with Gasteiger partial charge >= 0.3 is 5.97 Å². The normalized spacial score (nSPS) is 41.9. The molecule has 1 heterocycles. The first-order valence-corrected chi connectivity index (χ1v) is 18.9. The summed E-state index contributed by atoms with van der Waals surface area (Å²) < 4.78 is 32.1. The number of esters is 1. The van der Waals surface area contributed by atoms with Gasteiger partial charge in [-0.15, -0.1) is 0 Å². The number of benzene rings is 1. The third kappa shape index (κ3) is 5.12. The predicted molar refractivity (Wildman–Crippen MR) is 190 cm³/mol. The molecule has 5 fully saturated rings. The van der Waals surface area contributed by atoms with Crippen molar-refractivity contribution < 1.29 is 23.1 Å². The van der Waals surface area contributed by atoms with Gasteiger partial charge in [-0.2, -0.15) is 0 Å². The molecule has 1 saturated heterocycles. The molecule has 9 atom stereocenters. The average molecular weight is 677 g/mol. The van der Waals surface area contributed by atoms with Crippen molar-refractivity contribution in [2.45, 2.75) is 111 Å². The monoisotopic (exact) mass is 676 g/mol. The van der Waals surface area contributed by atoms with Crippen LogP contribution in [0.5, 0.6) is 0 Å². The maximum Gasteiger partial charge on any atom is 0.337 e. The molecule has 1 aromatic carbocycles. The fraction of sp³-hybridized carbons (Fsp3) is 0.714. The van der Waals surface area contributed by atoms with Crippen LogP contribution in [0.4, 0.5) is 8.78 Å². The van der Waals surface area contributed by atoms with Crippen LogP contribution in [0, 0.1) is 51.2 Å². The van der Waals surface area contributed by atoms with Crippen LogP contribution in [0.1, 0.15) is 115 Å². The smallest absolute Gasteiger partial charge is 0.337 e. The Bertz CT molecular complexity index is 1560. The lowest BCUT2D eigenvalue weighted by Gasteiger charge is -2.72. The summed E-state index contributed by atoms with van der Waals surface area (Å²) in [6.07, 6.45) is 12.4. The maximum atomic E-state index is 13.6. The van der Waals surface area contributed by atoms with Gasteiger partial charge < -0.3 is 10.1 Å². The second kappa shape index (κ2) is 11.5. The molecule has 6 aliphatic rings. The van der Waals surface area contributed by atoms with Gasteiger partial charge in [0.15, 0.2) is 0 Å². The fourth-order valence-electron chi connectivity index (χ4n) is 13.6. The number of likely N-dealkylation sites (tertiary alicyclic amines) is 1. The number of rotatable bonds is 6. The van der Waals surface area contributed by atoms with Gasteiger partial charge in [0.2, 0.25) is 5.91 Å². The molecular weight excluding hydrogens is 618 g/mol. The molecule has 1 N–H and O–H groups in total. The van der Waals surface area contributed by atoms with Crippen LogP contribution >= 0.6 is 0 Å². The summed E-state index contributed by atoms with van der Waals surface area (Å²) in [5.74, 6) is -0.741. The van der Waals surface area contributed by atoms with E-state index in [2.05, 4.69) is 71.6 Å². The average Bonchev–Trinajstić information content (AvgIpc) is 3.39. The Balaban J connectivity index is 1.17. The van der Waals surface area contributed by atoms with Crippen LogP contribution in [0.25, 0.3) is 5.57 Å². The SMILES string of the molecule is C=C(C)C1CC[C@]2(NC(=O)CN3CC(F)(F)C3)CC[C@]3(C)[C@H](CCC4[C@@]5(C)CC=C(c6ccc(C(=O)OC)cc6)C(C)(C)C5CC[C@]43C)C12. The number of hydrogen-bond donors (Lipinski definition) is 1. The summed E-state index contributed by atoms with van der Waals surface area (Å²) in [7, 11) is 1.42. The highest BCUT2D eigenvalue weighted by atomic mass is 19.3. The Morgan fingerprint density at radius 3 is 2.24 bits per heavy atom.